The van der Waals surface area contributed by atoms with Crippen molar-refractivity contribution < 1.29 is 4.74 Å². The van der Waals surface area contributed by atoms with Crippen molar-refractivity contribution in [2.24, 2.45) is 5.73 Å². The maximum absolute atomic E-state index is 7.62. The number of hydrogen-bond acceptors (Lipinski definition) is 4. The molecule has 0 spiro atoms. The predicted octanol–water partition coefficient (Wildman–Crippen LogP) is 1.37. The lowest BCUT2D eigenvalue weighted by atomic mass is 10.1. The first-order valence-corrected chi connectivity index (χ1v) is 6.37. The average molecular weight is 248 g/mol. The maximum atomic E-state index is 7.62. The lowest BCUT2D eigenvalue weighted by Crippen LogP contribution is -2.33. The summed E-state index contributed by atoms with van der Waals surface area (Å²) in [4.78, 5) is 6.32. The number of rotatable bonds is 5. The molecule has 5 heteroatoms. The van der Waals surface area contributed by atoms with Crippen molar-refractivity contribution in [3.63, 3.8) is 0 Å². The van der Waals surface area contributed by atoms with Crippen LogP contribution in [0.4, 0.5) is 5.69 Å². The highest BCUT2D eigenvalue weighted by molar-refractivity contribution is 6.00. The first-order valence-electron chi connectivity index (χ1n) is 6.37. The SMILES string of the molecule is CCN(CC1CCCO1)c1cnccc1C(=N)N. The number of nitrogens with zero attached hydrogens (tertiary/aromatic N) is 2. The summed E-state index contributed by atoms with van der Waals surface area (Å²) >= 11 is 0. The van der Waals surface area contributed by atoms with Crippen molar-refractivity contribution in [2.45, 2.75) is 25.9 Å². The Labute approximate surface area is 107 Å². The number of nitrogens with one attached hydrogen (secondary N) is 1. The molecule has 1 aromatic heterocycles. The maximum Gasteiger partial charge on any atom is 0.125 e. The minimum atomic E-state index is 0.0817. The van der Waals surface area contributed by atoms with Gasteiger partial charge in [-0.1, -0.05) is 0 Å². The van der Waals surface area contributed by atoms with E-state index >= 15 is 0 Å². The molecule has 0 aromatic carbocycles. The molecule has 98 valence electrons. The van der Waals surface area contributed by atoms with E-state index in [2.05, 4.69) is 16.8 Å². The van der Waals surface area contributed by atoms with Gasteiger partial charge in [-0.15, -0.1) is 0 Å². The number of hydrogen-bond donors (Lipinski definition) is 2. The van der Waals surface area contributed by atoms with Crippen molar-refractivity contribution in [3.05, 3.63) is 24.0 Å². The van der Waals surface area contributed by atoms with E-state index in [4.69, 9.17) is 15.9 Å². The van der Waals surface area contributed by atoms with Crippen LogP contribution < -0.4 is 10.6 Å². The molecular weight excluding hydrogens is 228 g/mol. The molecule has 1 fully saturated rings. The second-order valence-electron chi connectivity index (χ2n) is 4.48. The number of nitrogens with two attached hydrogens (primary N) is 1. The molecule has 1 unspecified atom stereocenters. The Bertz CT molecular complexity index is 415. The minimum Gasteiger partial charge on any atom is -0.384 e. The summed E-state index contributed by atoms with van der Waals surface area (Å²) in [6, 6.07) is 1.79. The van der Waals surface area contributed by atoms with Gasteiger partial charge >= 0.3 is 0 Å². The first kappa shape index (κ1) is 12.8. The number of nitrogen functional groups attached to an aromatic ring is 1. The summed E-state index contributed by atoms with van der Waals surface area (Å²) in [7, 11) is 0. The summed E-state index contributed by atoms with van der Waals surface area (Å²) in [5.74, 6) is 0.0817. The third-order valence-corrected chi connectivity index (χ3v) is 3.26. The largest absolute Gasteiger partial charge is 0.384 e. The van der Waals surface area contributed by atoms with Crippen LogP contribution in [0, 0.1) is 5.41 Å². The van der Waals surface area contributed by atoms with Gasteiger partial charge in [0.05, 0.1) is 18.0 Å². The lowest BCUT2D eigenvalue weighted by Gasteiger charge is -2.27. The fourth-order valence-corrected chi connectivity index (χ4v) is 2.30. The van der Waals surface area contributed by atoms with Crippen molar-refractivity contribution in [1.82, 2.24) is 4.98 Å². The average Bonchev–Trinajstić information content (AvgIpc) is 2.88. The molecule has 1 atom stereocenters. The van der Waals surface area contributed by atoms with Gasteiger partial charge < -0.3 is 15.4 Å². The molecule has 1 saturated heterocycles. The highest BCUT2D eigenvalue weighted by Crippen LogP contribution is 2.21. The molecule has 1 aliphatic rings. The van der Waals surface area contributed by atoms with E-state index in [1.54, 1.807) is 18.5 Å². The number of aromatic nitrogens is 1. The fraction of sp³-hybridized carbons (Fsp3) is 0.538. The van der Waals surface area contributed by atoms with E-state index in [1.807, 2.05) is 0 Å². The Hall–Kier alpha value is -1.62. The van der Waals surface area contributed by atoms with Gasteiger partial charge in [0.2, 0.25) is 0 Å². The Balaban J connectivity index is 2.18. The molecule has 2 rings (SSSR count). The van der Waals surface area contributed by atoms with Crippen LogP contribution in [-0.2, 0) is 4.74 Å². The van der Waals surface area contributed by atoms with Crippen molar-refractivity contribution in [2.75, 3.05) is 24.6 Å². The molecule has 18 heavy (non-hydrogen) atoms. The first-order chi connectivity index (χ1) is 8.72. The third-order valence-electron chi connectivity index (χ3n) is 3.26. The van der Waals surface area contributed by atoms with Crippen LogP contribution in [0.2, 0.25) is 0 Å². The quantitative estimate of drug-likeness (QED) is 0.609. The van der Waals surface area contributed by atoms with Gasteiger partial charge in [0.15, 0.2) is 0 Å². The fourth-order valence-electron chi connectivity index (χ4n) is 2.30. The zero-order valence-electron chi connectivity index (χ0n) is 10.7. The number of anilines is 1. The van der Waals surface area contributed by atoms with Crippen LogP contribution in [0.5, 0.6) is 0 Å². The second-order valence-corrected chi connectivity index (χ2v) is 4.48. The number of ether oxygens (including phenoxy) is 1. The van der Waals surface area contributed by atoms with Crippen LogP contribution in [0.25, 0.3) is 0 Å². The molecule has 0 aliphatic carbocycles. The van der Waals surface area contributed by atoms with E-state index in [0.29, 0.717) is 0 Å². The highest BCUT2D eigenvalue weighted by atomic mass is 16.5. The van der Waals surface area contributed by atoms with Crippen LogP contribution in [0.3, 0.4) is 0 Å². The molecule has 3 N–H and O–H groups in total. The smallest absolute Gasteiger partial charge is 0.125 e. The van der Waals surface area contributed by atoms with Crippen LogP contribution >= 0.6 is 0 Å². The van der Waals surface area contributed by atoms with Crippen molar-refractivity contribution >= 4 is 11.5 Å². The molecule has 0 bridgehead atoms. The van der Waals surface area contributed by atoms with Gasteiger partial charge in [-0.2, -0.15) is 0 Å². The third kappa shape index (κ3) is 2.79. The molecule has 1 aromatic rings. The zero-order valence-corrected chi connectivity index (χ0v) is 10.7. The molecular formula is C13H20N4O. The van der Waals surface area contributed by atoms with Crippen LogP contribution in [0.15, 0.2) is 18.5 Å². The molecule has 5 nitrogen and oxygen atoms in total. The van der Waals surface area contributed by atoms with Gasteiger partial charge in [0.1, 0.15) is 5.84 Å². The van der Waals surface area contributed by atoms with E-state index in [1.165, 1.54) is 0 Å². The van der Waals surface area contributed by atoms with Gasteiger partial charge in [-0.25, -0.2) is 0 Å². The van der Waals surface area contributed by atoms with E-state index in [0.717, 1.165) is 43.8 Å². The van der Waals surface area contributed by atoms with Gasteiger partial charge in [0, 0.05) is 31.5 Å². The van der Waals surface area contributed by atoms with Crippen LogP contribution in [-0.4, -0.2) is 36.6 Å². The topological polar surface area (TPSA) is 75.2 Å². The minimum absolute atomic E-state index is 0.0817. The van der Waals surface area contributed by atoms with E-state index in [9.17, 15) is 0 Å². The summed E-state index contributed by atoms with van der Waals surface area (Å²) < 4.78 is 5.66. The molecule has 0 radical (unpaired) electrons. The Morgan fingerprint density at radius 2 is 2.50 bits per heavy atom. The molecule has 0 amide bonds. The second kappa shape index (κ2) is 5.82. The Morgan fingerprint density at radius 3 is 3.11 bits per heavy atom. The summed E-state index contributed by atoms with van der Waals surface area (Å²) in [6.07, 6.45) is 5.96. The monoisotopic (exact) mass is 248 g/mol. The zero-order chi connectivity index (χ0) is 13.0. The molecule has 1 aliphatic heterocycles. The Morgan fingerprint density at radius 1 is 1.67 bits per heavy atom. The Kier molecular flexibility index (Phi) is 4.15. The standard InChI is InChI=1S/C13H20N4O/c1-2-17(9-10-4-3-7-18-10)12-8-16-6-5-11(12)13(14)15/h5-6,8,10H,2-4,7,9H2,1H3,(H3,14,15). The van der Waals surface area contributed by atoms with Crippen LogP contribution in [0.1, 0.15) is 25.3 Å². The van der Waals surface area contributed by atoms with Crippen molar-refractivity contribution in [1.29, 1.82) is 5.41 Å². The summed E-state index contributed by atoms with van der Waals surface area (Å²) in [5.41, 5.74) is 7.27. The number of likely N-dealkylation sites (N-methyl/N-ethyl adjacent to an activating group) is 1. The summed E-state index contributed by atoms with van der Waals surface area (Å²) in [6.45, 7) is 4.63. The molecule has 0 saturated carbocycles. The predicted molar refractivity (Wildman–Crippen MR) is 72.1 cm³/mol. The number of pyridine rings is 1. The van der Waals surface area contributed by atoms with Gasteiger partial charge in [-0.3, -0.25) is 10.4 Å². The number of amidine groups is 1. The van der Waals surface area contributed by atoms with E-state index < -0.39 is 0 Å². The van der Waals surface area contributed by atoms with Gasteiger partial charge in [0.25, 0.3) is 0 Å². The lowest BCUT2D eigenvalue weighted by molar-refractivity contribution is 0.115. The van der Waals surface area contributed by atoms with Gasteiger partial charge in [-0.05, 0) is 25.8 Å². The highest BCUT2D eigenvalue weighted by Gasteiger charge is 2.20. The van der Waals surface area contributed by atoms with E-state index in [-0.39, 0.29) is 11.9 Å². The molecule has 2 heterocycles. The normalized spacial score (nSPS) is 18.8. The van der Waals surface area contributed by atoms with Crippen molar-refractivity contribution in [3.8, 4) is 0 Å². The summed E-state index contributed by atoms with van der Waals surface area (Å²) in [5, 5.41) is 7.62.